The van der Waals surface area contributed by atoms with Crippen molar-refractivity contribution in [2.75, 3.05) is 39.3 Å². The van der Waals surface area contributed by atoms with Gasteiger partial charge >= 0.3 is 0 Å². The summed E-state index contributed by atoms with van der Waals surface area (Å²) < 4.78 is 14.9. The van der Waals surface area contributed by atoms with Gasteiger partial charge in [0, 0.05) is 122 Å². The second-order valence-corrected chi connectivity index (χ2v) is 39.9. The highest BCUT2D eigenvalue weighted by atomic mass is 16.3. The summed E-state index contributed by atoms with van der Waals surface area (Å²) in [7, 11) is 0. The number of carbonyl (C=O) groups is 6. The van der Waals surface area contributed by atoms with E-state index in [1.807, 2.05) is 291 Å². The number of ketones is 5. The Morgan fingerprint density at radius 2 is 0.617 bits per heavy atom. The Morgan fingerprint density at radius 1 is 0.302 bits per heavy atom. The molecule has 0 radical (unpaired) electrons. The molecule has 6 heterocycles. The summed E-state index contributed by atoms with van der Waals surface area (Å²) in [6.07, 6.45) is 8.22. The molecule has 3 fully saturated rings. The minimum absolute atomic E-state index is 0.00818. The van der Waals surface area contributed by atoms with Gasteiger partial charge in [-0.25, -0.2) is 0 Å². The first-order chi connectivity index (χ1) is 71.5. The first-order valence-corrected chi connectivity index (χ1v) is 50.8. The van der Waals surface area contributed by atoms with Crippen LogP contribution in [0.1, 0.15) is 191 Å². The quantitative estimate of drug-likeness (QED) is 0.0199. The SMILES string of the molecule is CC(=NCC(=O)C1CC1)c1c(O)n(-c2ccc(C)cc2)c2cc(C)ccc12.CC(=NCC(=O)C1CC1)c1c(O)n(-c2cccc(C)c2)c2cc(C)ccc12.CC(=NCC(=O)CCC(N)=O)c1c(O)n(-c2ccc(C)cc2)c2cc(C)ccc12.Cc1cc(C)cc(-n2c(O)c(C(=NCC(=O)C3CC3)c3ccco3)c3ccc(C)cc32)c1.Cc1cc(C)cc(-n2c(O)c(C(=NCC(=O)CCCO)c3ccccc3)c3ccc(C)cc32)c1. The van der Waals surface area contributed by atoms with Crippen LogP contribution >= 0.6 is 0 Å². The number of aryl methyl sites for hydroxylation is 12. The number of aliphatic hydroxyl groups is 1. The second-order valence-electron chi connectivity index (χ2n) is 39.9. The van der Waals surface area contributed by atoms with Crippen molar-refractivity contribution in [1.29, 1.82) is 0 Å². The molecule has 11 aromatic carbocycles. The minimum Gasteiger partial charge on any atom is -0.494 e. The van der Waals surface area contributed by atoms with Crippen molar-refractivity contribution in [1.82, 2.24) is 22.8 Å². The highest BCUT2D eigenvalue weighted by Crippen LogP contribution is 2.44. The number of hydrogen-bond acceptors (Lipinski definition) is 18. The molecule has 762 valence electrons. The number of carbonyl (C=O) groups excluding carboxylic acids is 6. The van der Waals surface area contributed by atoms with Crippen molar-refractivity contribution in [3.63, 3.8) is 0 Å². The maximum atomic E-state index is 12.4. The number of aliphatic hydroxyl groups excluding tert-OH is 1. The van der Waals surface area contributed by atoms with Gasteiger partial charge in [0.2, 0.25) is 35.3 Å². The van der Waals surface area contributed by atoms with Crippen LogP contribution in [-0.2, 0) is 28.8 Å². The van der Waals surface area contributed by atoms with Crippen LogP contribution in [0.5, 0.6) is 29.4 Å². The number of rotatable bonds is 31. The highest BCUT2D eigenvalue weighted by Gasteiger charge is 2.34. The number of nitrogens with zero attached hydrogens (tertiary/aromatic N) is 10. The molecule has 0 bridgehead atoms. The molecule has 0 spiro atoms. The summed E-state index contributed by atoms with van der Waals surface area (Å²) in [5, 5.41) is 70.0. The summed E-state index contributed by atoms with van der Waals surface area (Å²) in [5.74, 6) is 1.49. The van der Waals surface area contributed by atoms with Gasteiger partial charge in [-0.2, -0.15) is 0 Å². The molecule has 0 unspecified atom stereocenters. The third-order valence-corrected chi connectivity index (χ3v) is 27.2. The van der Waals surface area contributed by atoms with Crippen molar-refractivity contribution in [3.05, 3.63) is 355 Å². The van der Waals surface area contributed by atoms with Gasteiger partial charge in [-0.15, -0.1) is 0 Å². The van der Waals surface area contributed by atoms with Gasteiger partial charge in [-0.3, -0.25) is 76.6 Å². The number of fused-ring (bicyclic) bond motifs is 5. The van der Waals surface area contributed by atoms with Crippen molar-refractivity contribution in [2.45, 2.75) is 168 Å². The van der Waals surface area contributed by atoms with Crippen LogP contribution in [0.15, 0.2) is 278 Å². The fourth-order valence-electron chi connectivity index (χ4n) is 19.1. The standard InChI is InChI=1S/C29H30N2O3.C27H26N2O3.C23H25N3O3.2C23H24N2O2/c1-19-11-12-25-26(17-19)31(23-15-20(2)14-21(3)16-23)29(34)27(25)28(22-8-5-4-6-9-22)30-18-24(33)10-7-13-32;1-16-6-9-21-22(14-16)29(20-12-17(2)11-18(3)13-20)27(31)25(21)26(24-5-4-10-32-24)28-15-23(30)19-7-8-19;1-14-4-7-17(8-5-14)26-20-12-15(2)6-10-19(20)22(23(26)29)16(3)25-13-18(27)9-11-21(24)28;1-14-4-9-18(10-5-14)25-20-12-15(2)6-11-19(20)22(23(25)27)16(3)24-13-21(26)17-7-8-17;1-14-5-4-6-18(11-14)25-20-12-15(2)7-10-19(20)22(23(25)27)16(3)24-13-21(26)17-8-9-17/h4-6,8-9,11-12,14-17,32,34H,7,10,13,18H2,1-3H3;4-6,9-14,19,31H,7-8,15H2,1-3H3;4-8,10,12,29H,9,11,13H2,1-3H3,(H2,24,28);4-6,9-12,17,27H,7-8,13H2,1-3H3;4-7,10-12,17,27H,8-9,13H2,1-3H3. The molecule has 8 N–H and O–H groups in total. The van der Waals surface area contributed by atoms with Crippen LogP contribution in [0.2, 0.25) is 0 Å². The van der Waals surface area contributed by atoms with E-state index in [1.54, 1.807) is 23.8 Å². The lowest BCUT2D eigenvalue weighted by molar-refractivity contribution is -0.123. The van der Waals surface area contributed by atoms with Gasteiger partial charge in [0.15, 0.2) is 34.7 Å². The maximum absolute atomic E-state index is 12.4. The highest BCUT2D eigenvalue weighted by molar-refractivity contribution is 6.23. The van der Waals surface area contributed by atoms with E-state index >= 15 is 0 Å². The van der Waals surface area contributed by atoms with Crippen molar-refractivity contribution in [3.8, 4) is 57.8 Å². The van der Waals surface area contributed by atoms with Gasteiger partial charge in [-0.05, 0) is 308 Å². The lowest BCUT2D eigenvalue weighted by atomic mass is 10.0. The average molecular weight is 1990 g/mol. The van der Waals surface area contributed by atoms with Gasteiger partial charge in [0.1, 0.15) is 5.71 Å². The van der Waals surface area contributed by atoms with Gasteiger partial charge in [0.05, 0.1) is 100 Å². The van der Waals surface area contributed by atoms with E-state index in [9.17, 15) is 54.3 Å². The molecule has 3 aliphatic rings. The minimum atomic E-state index is -0.506. The van der Waals surface area contributed by atoms with Gasteiger partial charge in [-0.1, -0.05) is 151 Å². The summed E-state index contributed by atoms with van der Waals surface area (Å²) in [4.78, 5) is 94.4. The van der Waals surface area contributed by atoms with E-state index in [-0.39, 0.29) is 135 Å². The molecule has 3 saturated carbocycles. The number of Topliss-reactive ketones (excluding diaryl/α,β-unsaturated/α-hetero) is 5. The zero-order chi connectivity index (χ0) is 106. The number of primary amides is 1. The Kier molecular flexibility index (Phi) is 32.6. The molecule has 6 aromatic heterocycles. The van der Waals surface area contributed by atoms with E-state index in [0.29, 0.717) is 68.6 Å². The number of aromatic hydroxyl groups is 5. The van der Waals surface area contributed by atoms with E-state index in [4.69, 9.17) is 20.2 Å². The van der Waals surface area contributed by atoms with Crippen LogP contribution in [0.4, 0.5) is 0 Å². The molecule has 0 aliphatic heterocycles. The number of aliphatic imine (C=N–C) groups is 5. The fourth-order valence-corrected chi connectivity index (χ4v) is 19.1. The Balaban J connectivity index is 0.000000133. The van der Waals surface area contributed by atoms with E-state index < -0.39 is 5.91 Å². The molecule has 24 nitrogen and oxygen atoms in total. The molecule has 3 aliphatic carbocycles. The molecule has 0 saturated heterocycles. The molecule has 17 aromatic rings. The van der Waals surface area contributed by atoms with Crippen LogP contribution in [-0.4, -0.2) is 156 Å². The lowest BCUT2D eigenvalue weighted by Gasteiger charge is -2.11. The number of amides is 1. The zero-order valence-electron chi connectivity index (χ0n) is 87.3. The number of nitrogens with two attached hydrogens (primary N) is 1. The van der Waals surface area contributed by atoms with Crippen LogP contribution < -0.4 is 5.73 Å². The third-order valence-electron chi connectivity index (χ3n) is 27.2. The topological polar surface area (TPSA) is 349 Å². The molecule has 20 rings (SSSR count). The normalized spacial score (nSPS) is 13.4. The van der Waals surface area contributed by atoms with Crippen LogP contribution in [0.3, 0.4) is 0 Å². The number of furan rings is 1. The van der Waals surface area contributed by atoms with Crippen molar-refractivity contribution < 1.29 is 63.8 Å². The number of benzene rings is 11. The maximum Gasteiger partial charge on any atom is 0.217 e. The first-order valence-electron chi connectivity index (χ1n) is 50.8. The number of aromatic nitrogens is 5. The third kappa shape index (κ3) is 24.4. The smallest absolute Gasteiger partial charge is 0.217 e. The van der Waals surface area contributed by atoms with E-state index in [2.05, 4.69) is 80.6 Å². The Hall–Kier alpha value is -16.5. The Morgan fingerprint density at radius 3 is 0.980 bits per heavy atom. The second kappa shape index (κ2) is 46.1. The van der Waals surface area contributed by atoms with Crippen LogP contribution in [0.25, 0.3) is 83.0 Å². The van der Waals surface area contributed by atoms with Gasteiger partial charge in [0.25, 0.3) is 0 Å². The predicted molar refractivity (Wildman–Crippen MR) is 597 cm³/mol. The predicted octanol–water partition coefficient (Wildman–Crippen LogP) is 24.2. The van der Waals surface area contributed by atoms with Crippen molar-refractivity contribution >= 4 is 118 Å². The molecular formula is C125H129N11O13. The average Bonchev–Trinajstić information content (AvgIpc) is 1.60. The van der Waals surface area contributed by atoms with Crippen molar-refractivity contribution in [2.24, 2.45) is 48.4 Å². The fraction of sp³-hybridized carbons (Fsp3) is 0.272. The molecule has 1 amide bonds. The zero-order valence-corrected chi connectivity index (χ0v) is 87.3. The molecular weight excluding hydrogens is 1860 g/mol. The van der Waals surface area contributed by atoms with E-state index in [0.717, 1.165) is 188 Å². The summed E-state index contributed by atoms with van der Waals surface area (Å²) in [5.41, 5.74) is 34.5. The molecule has 24 heteroatoms. The lowest BCUT2D eigenvalue weighted by Crippen LogP contribution is -2.14. The van der Waals surface area contributed by atoms with Gasteiger partial charge < -0.3 is 40.8 Å². The summed E-state index contributed by atoms with van der Waals surface area (Å²) in [6, 6.07) is 80.1. The number of hydrogen-bond donors (Lipinski definition) is 7. The summed E-state index contributed by atoms with van der Waals surface area (Å²) in [6.45, 7) is 30.3. The molecule has 0 atom stereocenters. The monoisotopic (exact) mass is 1990 g/mol. The van der Waals surface area contributed by atoms with Crippen LogP contribution in [0, 0.1) is 101 Å². The summed E-state index contributed by atoms with van der Waals surface area (Å²) >= 11 is 0. The largest absolute Gasteiger partial charge is 0.494 e. The first kappa shape index (κ1) is 105. The Labute approximate surface area is 867 Å². The molecule has 149 heavy (non-hydrogen) atoms. The Bertz CT molecular complexity index is 8120. The van der Waals surface area contributed by atoms with E-state index in [1.165, 1.54) is 5.56 Å².